The summed E-state index contributed by atoms with van der Waals surface area (Å²) < 4.78 is 0. The van der Waals surface area contributed by atoms with Gasteiger partial charge < -0.3 is 10.6 Å². The monoisotopic (exact) mass is 270 g/mol. The molecule has 1 aliphatic carbocycles. The summed E-state index contributed by atoms with van der Waals surface area (Å²) in [5.74, 6) is 3.94. The maximum Gasteiger partial charge on any atom is 0.221 e. The van der Waals surface area contributed by atoms with Gasteiger partial charge in [-0.3, -0.25) is 4.79 Å². The van der Waals surface area contributed by atoms with E-state index in [9.17, 15) is 4.79 Å². The van der Waals surface area contributed by atoms with Crippen molar-refractivity contribution in [3.05, 3.63) is 0 Å². The summed E-state index contributed by atoms with van der Waals surface area (Å²) in [5.41, 5.74) is 0. The third kappa shape index (κ3) is 4.16. The second kappa shape index (κ2) is 6.80. The average Bonchev–Trinajstić information content (AvgIpc) is 2.34. The molecule has 0 radical (unpaired) electrons. The Kier molecular flexibility index (Phi) is 5.37. The molecule has 1 heterocycles. The third-order valence-corrected chi connectivity index (χ3v) is 5.34. The van der Waals surface area contributed by atoms with E-state index in [1.54, 1.807) is 0 Å². The van der Waals surface area contributed by atoms with Crippen molar-refractivity contribution in [3.8, 4) is 0 Å². The number of thioether (sulfide) groups is 1. The van der Waals surface area contributed by atoms with Crippen LogP contribution in [-0.2, 0) is 4.79 Å². The smallest absolute Gasteiger partial charge is 0.221 e. The molecule has 4 unspecified atom stereocenters. The van der Waals surface area contributed by atoms with Gasteiger partial charge in [-0.15, -0.1) is 0 Å². The molecule has 0 spiro atoms. The lowest BCUT2D eigenvalue weighted by Crippen LogP contribution is -2.46. The first-order valence-corrected chi connectivity index (χ1v) is 8.41. The van der Waals surface area contributed by atoms with Gasteiger partial charge in [0.2, 0.25) is 5.91 Å². The van der Waals surface area contributed by atoms with Crippen LogP contribution in [0.2, 0.25) is 0 Å². The normalized spacial score (nSPS) is 37.2. The van der Waals surface area contributed by atoms with Gasteiger partial charge in [0.1, 0.15) is 0 Å². The molecule has 1 saturated carbocycles. The van der Waals surface area contributed by atoms with Crippen LogP contribution < -0.4 is 10.6 Å². The molecule has 0 aromatic heterocycles. The standard InChI is InChI=1S/C14H26N2OS/c1-10-3-4-13(11(2)7-10)16-14(17)8-12-9-18-6-5-15-12/h10-13,15H,3-9H2,1-2H3,(H,16,17). The lowest BCUT2D eigenvalue weighted by molar-refractivity contribution is -0.122. The molecule has 18 heavy (non-hydrogen) atoms. The highest BCUT2D eigenvalue weighted by Gasteiger charge is 2.27. The van der Waals surface area contributed by atoms with Gasteiger partial charge in [-0.25, -0.2) is 0 Å². The summed E-state index contributed by atoms with van der Waals surface area (Å²) in [7, 11) is 0. The zero-order valence-electron chi connectivity index (χ0n) is 11.6. The van der Waals surface area contributed by atoms with Crippen molar-refractivity contribution in [1.29, 1.82) is 0 Å². The molecule has 0 aromatic rings. The van der Waals surface area contributed by atoms with E-state index in [0.29, 0.717) is 24.4 Å². The van der Waals surface area contributed by atoms with Crippen molar-refractivity contribution in [2.75, 3.05) is 18.1 Å². The number of hydrogen-bond acceptors (Lipinski definition) is 3. The Morgan fingerprint density at radius 1 is 1.39 bits per heavy atom. The summed E-state index contributed by atoms with van der Waals surface area (Å²) in [6.45, 7) is 5.63. The second-order valence-corrected chi connectivity index (χ2v) is 7.15. The number of nitrogens with one attached hydrogen (secondary N) is 2. The Balaban J connectivity index is 1.73. The van der Waals surface area contributed by atoms with Gasteiger partial charge in [-0.05, 0) is 31.1 Å². The van der Waals surface area contributed by atoms with Crippen molar-refractivity contribution >= 4 is 17.7 Å². The highest BCUT2D eigenvalue weighted by molar-refractivity contribution is 7.99. The summed E-state index contributed by atoms with van der Waals surface area (Å²) >= 11 is 1.95. The highest BCUT2D eigenvalue weighted by Crippen LogP contribution is 2.28. The van der Waals surface area contributed by atoms with Crippen molar-refractivity contribution in [2.24, 2.45) is 11.8 Å². The van der Waals surface area contributed by atoms with E-state index in [2.05, 4.69) is 24.5 Å². The summed E-state index contributed by atoms with van der Waals surface area (Å²) in [6.07, 6.45) is 4.31. The van der Waals surface area contributed by atoms with Crippen LogP contribution in [0.15, 0.2) is 0 Å². The molecule has 2 aliphatic rings. The van der Waals surface area contributed by atoms with Crippen LogP contribution in [0.3, 0.4) is 0 Å². The van der Waals surface area contributed by atoms with E-state index in [1.165, 1.54) is 18.6 Å². The van der Waals surface area contributed by atoms with E-state index in [4.69, 9.17) is 0 Å². The number of carbonyl (C=O) groups is 1. The van der Waals surface area contributed by atoms with Gasteiger partial charge >= 0.3 is 0 Å². The van der Waals surface area contributed by atoms with Crippen LogP contribution in [0, 0.1) is 11.8 Å². The molecule has 1 saturated heterocycles. The molecular weight excluding hydrogens is 244 g/mol. The SMILES string of the molecule is CC1CCC(NC(=O)CC2CSCCN2)C(C)C1. The second-order valence-electron chi connectivity index (χ2n) is 6.00. The Hall–Kier alpha value is -0.220. The maximum absolute atomic E-state index is 12.0. The lowest BCUT2D eigenvalue weighted by atomic mass is 9.80. The number of rotatable bonds is 3. The van der Waals surface area contributed by atoms with Gasteiger partial charge in [0.15, 0.2) is 0 Å². The minimum atomic E-state index is 0.237. The van der Waals surface area contributed by atoms with E-state index in [-0.39, 0.29) is 5.91 Å². The fraction of sp³-hybridized carbons (Fsp3) is 0.929. The van der Waals surface area contributed by atoms with Crippen LogP contribution in [-0.4, -0.2) is 36.0 Å². The average molecular weight is 270 g/mol. The van der Waals surface area contributed by atoms with E-state index in [0.717, 1.165) is 24.6 Å². The van der Waals surface area contributed by atoms with Crippen LogP contribution in [0.1, 0.15) is 39.5 Å². The molecule has 3 nitrogen and oxygen atoms in total. The molecular formula is C14H26N2OS. The first kappa shape index (κ1) is 14.2. The first-order chi connectivity index (χ1) is 8.65. The van der Waals surface area contributed by atoms with Gasteiger partial charge in [0.25, 0.3) is 0 Å². The van der Waals surface area contributed by atoms with Crippen LogP contribution in [0.5, 0.6) is 0 Å². The van der Waals surface area contributed by atoms with Crippen molar-refractivity contribution < 1.29 is 4.79 Å². The minimum Gasteiger partial charge on any atom is -0.353 e. The fourth-order valence-electron chi connectivity index (χ4n) is 3.12. The number of carbonyl (C=O) groups excluding carboxylic acids is 1. The summed E-state index contributed by atoms with van der Waals surface area (Å²) in [6, 6.07) is 0.784. The van der Waals surface area contributed by atoms with Gasteiger partial charge in [0.05, 0.1) is 0 Å². The molecule has 1 amide bonds. The molecule has 4 heteroatoms. The minimum absolute atomic E-state index is 0.237. The number of amides is 1. The molecule has 2 fully saturated rings. The van der Waals surface area contributed by atoms with Gasteiger partial charge in [-0.1, -0.05) is 13.8 Å². The lowest BCUT2D eigenvalue weighted by Gasteiger charge is -2.33. The predicted octanol–water partition coefficient (Wildman–Crippen LogP) is 2.02. The Labute approximate surface area is 115 Å². The highest BCUT2D eigenvalue weighted by atomic mass is 32.2. The Morgan fingerprint density at radius 2 is 2.22 bits per heavy atom. The summed E-state index contributed by atoms with van der Waals surface area (Å²) in [4.78, 5) is 12.0. The predicted molar refractivity (Wildman–Crippen MR) is 77.8 cm³/mol. The van der Waals surface area contributed by atoms with Gasteiger partial charge in [0, 0.05) is 36.6 Å². The quantitative estimate of drug-likeness (QED) is 0.824. The van der Waals surface area contributed by atoms with Crippen LogP contribution in [0.25, 0.3) is 0 Å². The fourth-order valence-corrected chi connectivity index (χ4v) is 4.07. The zero-order valence-corrected chi connectivity index (χ0v) is 12.4. The largest absolute Gasteiger partial charge is 0.353 e. The molecule has 0 bridgehead atoms. The Morgan fingerprint density at radius 3 is 2.89 bits per heavy atom. The molecule has 2 rings (SSSR count). The van der Waals surface area contributed by atoms with Crippen LogP contribution >= 0.6 is 11.8 Å². The van der Waals surface area contributed by atoms with Gasteiger partial charge in [-0.2, -0.15) is 11.8 Å². The molecule has 4 atom stereocenters. The van der Waals surface area contributed by atoms with Crippen LogP contribution in [0.4, 0.5) is 0 Å². The van der Waals surface area contributed by atoms with Crippen molar-refractivity contribution in [3.63, 3.8) is 0 Å². The molecule has 104 valence electrons. The van der Waals surface area contributed by atoms with E-state index >= 15 is 0 Å². The van der Waals surface area contributed by atoms with E-state index in [1.807, 2.05) is 11.8 Å². The van der Waals surface area contributed by atoms with Crippen molar-refractivity contribution in [1.82, 2.24) is 10.6 Å². The Bertz CT molecular complexity index is 279. The number of hydrogen-bond donors (Lipinski definition) is 2. The molecule has 0 aromatic carbocycles. The van der Waals surface area contributed by atoms with E-state index < -0.39 is 0 Å². The topological polar surface area (TPSA) is 41.1 Å². The molecule has 2 N–H and O–H groups in total. The first-order valence-electron chi connectivity index (χ1n) is 7.25. The maximum atomic E-state index is 12.0. The van der Waals surface area contributed by atoms with Crippen molar-refractivity contribution in [2.45, 2.75) is 51.6 Å². The zero-order chi connectivity index (χ0) is 13.0. The third-order valence-electron chi connectivity index (χ3n) is 4.21. The summed E-state index contributed by atoms with van der Waals surface area (Å²) in [5, 5.41) is 6.67. The molecule has 1 aliphatic heterocycles.